The van der Waals surface area contributed by atoms with Crippen LogP contribution in [0.25, 0.3) is 10.8 Å². The molecular formula is C15H15N3OS. The first-order chi connectivity index (χ1) is 9.76. The van der Waals surface area contributed by atoms with Crippen LogP contribution >= 0.6 is 11.5 Å². The maximum atomic E-state index is 5.25. The molecule has 3 rings (SSSR count). The molecule has 0 aliphatic heterocycles. The van der Waals surface area contributed by atoms with E-state index in [9.17, 15) is 0 Å². The number of aromatic nitrogens is 2. The van der Waals surface area contributed by atoms with E-state index in [0.29, 0.717) is 0 Å². The summed E-state index contributed by atoms with van der Waals surface area (Å²) in [6.07, 6.45) is 1.74. The van der Waals surface area contributed by atoms with E-state index in [-0.39, 0.29) is 6.04 Å². The van der Waals surface area contributed by atoms with Crippen molar-refractivity contribution in [2.24, 2.45) is 0 Å². The van der Waals surface area contributed by atoms with Crippen LogP contribution in [0, 0.1) is 0 Å². The molecule has 0 aliphatic rings. The van der Waals surface area contributed by atoms with Crippen molar-refractivity contribution in [3.8, 4) is 5.75 Å². The molecule has 20 heavy (non-hydrogen) atoms. The molecule has 1 aromatic heterocycles. The van der Waals surface area contributed by atoms with Crippen LogP contribution in [-0.2, 0) is 0 Å². The zero-order valence-corrected chi connectivity index (χ0v) is 12.1. The van der Waals surface area contributed by atoms with E-state index in [0.717, 1.165) is 10.8 Å². The van der Waals surface area contributed by atoms with Crippen LogP contribution in [0.5, 0.6) is 5.75 Å². The van der Waals surface area contributed by atoms with Gasteiger partial charge < -0.3 is 10.1 Å². The van der Waals surface area contributed by atoms with Crippen LogP contribution in [-0.4, -0.2) is 16.7 Å². The molecule has 4 nitrogen and oxygen atoms in total. The van der Waals surface area contributed by atoms with Gasteiger partial charge in [-0.25, -0.2) is 0 Å². The molecule has 1 atom stereocenters. The Kier molecular flexibility index (Phi) is 3.52. The van der Waals surface area contributed by atoms with E-state index in [1.54, 1.807) is 13.3 Å². The first-order valence-corrected chi connectivity index (χ1v) is 7.15. The molecule has 1 heterocycles. The predicted octanol–water partition coefficient (Wildman–Crippen LogP) is 3.87. The average Bonchev–Trinajstić information content (AvgIpc) is 2.99. The van der Waals surface area contributed by atoms with Gasteiger partial charge in [0.25, 0.3) is 0 Å². The smallest absolute Gasteiger partial charge is 0.130 e. The molecule has 5 heteroatoms. The van der Waals surface area contributed by atoms with Crippen molar-refractivity contribution in [3.05, 3.63) is 48.2 Å². The third kappa shape index (κ3) is 2.58. The summed E-state index contributed by atoms with van der Waals surface area (Å²) in [5, 5.41) is 10.6. The molecule has 0 fully saturated rings. The van der Waals surface area contributed by atoms with Gasteiger partial charge in [0.15, 0.2) is 0 Å². The molecule has 0 bridgehead atoms. The number of hydrogen-bond acceptors (Lipinski definition) is 5. The highest BCUT2D eigenvalue weighted by atomic mass is 32.1. The lowest BCUT2D eigenvalue weighted by Gasteiger charge is -2.14. The second-order valence-electron chi connectivity index (χ2n) is 4.62. The lowest BCUT2D eigenvalue weighted by Crippen LogP contribution is -2.05. The Morgan fingerprint density at radius 3 is 2.70 bits per heavy atom. The summed E-state index contributed by atoms with van der Waals surface area (Å²) >= 11 is 1.37. The highest BCUT2D eigenvalue weighted by Crippen LogP contribution is 2.26. The maximum Gasteiger partial charge on any atom is 0.130 e. The van der Waals surface area contributed by atoms with Gasteiger partial charge in [-0.05, 0) is 41.5 Å². The van der Waals surface area contributed by atoms with E-state index < -0.39 is 0 Å². The van der Waals surface area contributed by atoms with Gasteiger partial charge in [0.2, 0.25) is 0 Å². The van der Waals surface area contributed by atoms with Crippen molar-refractivity contribution >= 4 is 27.3 Å². The fraction of sp³-hybridized carbons (Fsp3) is 0.200. The van der Waals surface area contributed by atoms with Gasteiger partial charge in [-0.3, -0.25) is 0 Å². The summed E-state index contributed by atoms with van der Waals surface area (Å²) in [4.78, 5) is 0. The van der Waals surface area contributed by atoms with Gasteiger partial charge in [-0.2, -0.15) is 0 Å². The zero-order valence-electron chi connectivity index (χ0n) is 11.3. The first-order valence-electron chi connectivity index (χ1n) is 6.38. The topological polar surface area (TPSA) is 47.0 Å². The number of fused-ring (bicyclic) bond motifs is 1. The minimum Gasteiger partial charge on any atom is -0.497 e. The van der Waals surface area contributed by atoms with Gasteiger partial charge in [-0.15, -0.1) is 5.10 Å². The summed E-state index contributed by atoms with van der Waals surface area (Å²) in [7, 11) is 1.69. The van der Waals surface area contributed by atoms with Gasteiger partial charge in [0, 0.05) is 17.6 Å². The molecule has 0 aliphatic carbocycles. The third-order valence-electron chi connectivity index (χ3n) is 3.29. The summed E-state index contributed by atoms with van der Waals surface area (Å²) in [5.41, 5.74) is 1.23. The second kappa shape index (κ2) is 5.46. The number of hydrogen-bond donors (Lipinski definition) is 1. The number of ether oxygens (including phenoxy) is 1. The molecule has 102 valence electrons. The van der Waals surface area contributed by atoms with Crippen LogP contribution in [0.3, 0.4) is 0 Å². The summed E-state index contributed by atoms with van der Waals surface area (Å²) in [6.45, 7) is 2.13. The van der Waals surface area contributed by atoms with E-state index in [4.69, 9.17) is 4.74 Å². The Labute approximate surface area is 121 Å². The molecule has 0 saturated carbocycles. The van der Waals surface area contributed by atoms with Crippen molar-refractivity contribution in [3.63, 3.8) is 0 Å². The van der Waals surface area contributed by atoms with Gasteiger partial charge in [0.1, 0.15) is 10.8 Å². The maximum absolute atomic E-state index is 5.25. The van der Waals surface area contributed by atoms with Crippen LogP contribution in [0.1, 0.15) is 18.5 Å². The molecule has 0 spiro atoms. The normalized spacial score (nSPS) is 12.3. The Morgan fingerprint density at radius 2 is 1.95 bits per heavy atom. The fourth-order valence-corrected chi connectivity index (χ4v) is 2.67. The summed E-state index contributed by atoms with van der Waals surface area (Å²) in [5.74, 6) is 0.882. The average molecular weight is 285 g/mol. The van der Waals surface area contributed by atoms with Crippen LogP contribution in [0.15, 0.2) is 42.6 Å². The quantitative estimate of drug-likeness (QED) is 0.790. The number of benzene rings is 2. The lowest BCUT2D eigenvalue weighted by atomic mass is 10.0. The molecule has 1 N–H and O–H groups in total. The lowest BCUT2D eigenvalue weighted by molar-refractivity contribution is 0.415. The number of anilines is 1. The SMILES string of the molecule is COc1ccc2cc(C(C)Nc3cnns3)ccc2c1. The Hall–Kier alpha value is -2.14. The minimum absolute atomic E-state index is 0.212. The van der Waals surface area contributed by atoms with Crippen molar-refractivity contribution in [2.45, 2.75) is 13.0 Å². The molecule has 0 amide bonds. The minimum atomic E-state index is 0.212. The van der Waals surface area contributed by atoms with Crippen LogP contribution in [0.4, 0.5) is 5.00 Å². The fourth-order valence-electron chi connectivity index (χ4n) is 2.17. The highest BCUT2D eigenvalue weighted by Gasteiger charge is 2.07. The Balaban J connectivity index is 1.88. The number of rotatable bonds is 4. The number of nitrogens with zero attached hydrogens (tertiary/aromatic N) is 2. The van der Waals surface area contributed by atoms with Crippen LogP contribution in [0.2, 0.25) is 0 Å². The second-order valence-corrected chi connectivity index (χ2v) is 5.41. The highest BCUT2D eigenvalue weighted by molar-refractivity contribution is 7.09. The van der Waals surface area contributed by atoms with Crippen molar-refractivity contribution in [2.75, 3.05) is 12.4 Å². The summed E-state index contributed by atoms with van der Waals surface area (Å²) in [6, 6.07) is 12.8. The Bertz CT molecular complexity index is 712. The van der Waals surface area contributed by atoms with Crippen molar-refractivity contribution in [1.82, 2.24) is 9.59 Å². The first kappa shape index (κ1) is 12.9. The van der Waals surface area contributed by atoms with Gasteiger partial charge in [0.05, 0.1) is 13.3 Å². The largest absolute Gasteiger partial charge is 0.497 e. The zero-order chi connectivity index (χ0) is 13.9. The molecule has 3 aromatic rings. The third-order valence-corrected chi connectivity index (χ3v) is 3.89. The van der Waals surface area contributed by atoms with E-state index in [1.165, 1.54) is 27.9 Å². The molecule has 0 radical (unpaired) electrons. The van der Waals surface area contributed by atoms with E-state index in [2.05, 4.69) is 46.1 Å². The molecule has 2 aromatic carbocycles. The predicted molar refractivity (Wildman–Crippen MR) is 82.4 cm³/mol. The number of nitrogens with one attached hydrogen (secondary N) is 1. The van der Waals surface area contributed by atoms with Crippen LogP contribution < -0.4 is 10.1 Å². The van der Waals surface area contributed by atoms with Gasteiger partial charge in [-0.1, -0.05) is 22.7 Å². The molecular weight excluding hydrogens is 270 g/mol. The molecule has 0 saturated heterocycles. The van der Waals surface area contributed by atoms with E-state index >= 15 is 0 Å². The molecule has 1 unspecified atom stereocenters. The van der Waals surface area contributed by atoms with Crippen molar-refractivity contribution in [1.29, 1.82) is 0 Å². The number of methoxy groups -OCH3 is 1. The summed E-state index contributed by atoms with van der Waals surface area (Å²) < 4.78 is 9.10. The van der Waals surface area contributed by atoms with E-state index in [1.807, 2.05) is 12.1 Å². The standard InChI is InChI=1S/C15H15N3OS/c1-10(17-15-9-16-18-20-15)11-3-4-13-8-14(19-2)6-5-12(13)7-11/h3-10,17H,1-2H3. The Morgan fingerprint density at radius 1 is 1.15 bits per heavy atom. The monoisotopic (exact) mass is 285 g/mol. The van der Waals surface area contributed by atoms with Gasteiger partial charge >= 0.3 is 0 Å². The van der Waals surface area contributed by atoms with Crippen molar-refractivity contribution < 1.29 is 4.74 Å².